The van der Waals surface area contributed by atoms with Gasteiger partial charge in [-0.2, -0.15) is 0 Å². The first-order valence-corrected chi connectivity index (χ1v) is 9.77. The molecule has 2 aliphatic heterocycles. The van der Waals surface area contributed by atoms with Gasteiger partial charge in [0.25, 0.3) is 0 Å². The molecule has 0 unspecified atom stereocenters. The molecular formula is C20H32Cl2N4O2. The van der Waals surface area contributed by atoms with Gasteiger partial charge in [0.2, 0.25) is 11.8 Å². The van der Waals surface area contributed by atoms with Crippen LogP contribution >= 0.6 is 24.8 Å². The van der Waals surface area contributed by atoms with Crippen LogP contribution in [0.4, 0.5) is 5.69 Å². The first-order chi connectivity index (χ1) is 12.7. The van der Waals surface area contributed by atoms with Crippen molar-refractivity contribution in [3.63, 3.8) is 0 Å². The molecule has 2 fully saturated rings. The van der Waals surface area contributed by atoms with Crippen molar-refractivity contribution in [2.24, 2.45) is 5.92 Å². The maximum atomic E-state index is 12.3. The summed E-state index contributed by atoms with van der Waals surface area (Å²) in [5.74, 6) is 0.663. The first kappa shape index (κ1) is 24.5. The second kappa shape index (κ2) is 12.9. The molecular weight excluding hydrogens is 399 g/mol. The zero-order valence-electron chi connectivity index (χ0n) is 16.3. The van der Waals surface area contributed by atoms with E-state index in [1.54, 1.807) is 0 Å². The predicted molar refractivity (Wildman–Crippen MR) is 118 cm³/mol. The molecule has 0 saturated carbocycles. The molecule has 28 heavy (non-hydrogen) atoms. The molecule has 2 amide bonds. The largest absolute Gasteiger partial charge is 0.368 e. The maximum Gasteiger partial charge on any atom is 0.242 e. The standard InChI is InChI=1S/C20H30N4O2.2ClH/c25-19(7-6-17-8-10-21-11-9-17)22-16-20(26)24-14-12-23(13-15-24)18-4-2-1-3-5-18;;/h1-5,17,21H,6-16H2,(H,22,25);2*1H. The van der Waals surface area contributed by atoms with Gasteiger partial charge in [-0.1, -0.05) is 18.2 Å². The van der Waals surface area contributed by atoms with Crippen molar-refractivity contribution < 1.29 is 9.59 Å². The van der Waals surface area contributed by atoms with E-state index in [0.29, 0.717) is 25.4 Å². The lowest BCUT2D eigenvalue weighted by Gasteiger charge is -2.36. The molecule has 1 aromatic carbocycles. The van der Waals surface area contributed by atoms with E-state index in [1.165, 1.54) is 5.69 Å². The summed E-state index contributed by atoms with van der Waals surface area (Å²) in [7, 11) is 0. The Morgan fingerprint density at radius 3 is 2.29 bits per heavy atom. The van der Waals surface area contributed by atoms with Gasteiger partial charge in [-0.05, 0) is 50.4 Å². The van der Waals surface area contributed by atoms with Crippen LogP contribution in [0.3, 0.4) is 0 Å². The molecule has 2 N–H and O–H groups in total. The third-order valence-electron chi connectivity index (χ3n) is 5.43. The van der Waals surface area contributed by atoms with Crippen molar-refractivity contribution in [3.05, 3.63) is 30.3 Å². The van der Waals surface area contributed by atoms with Gasteiger partial charge in [0.1, 0.15) is 0 Å². The van der Waals surface area contributed by atoms with Crippen molar-refractivity contribution in [1.82, 2.24) is 15.5 Å². The molecule has 2 aliphatic rings. The molecule has 3 rings (SSSR count). The molecule has 1 aromatic rings. The van der Waals surface area contributed by atoms with Crippen LogP contribution in [0.5, 0.6) is 0 Å². The first-order valence-electron chi connectivity index (χ1n) is 9.77. The summed E-state index contributed by atoms with van der Waals surface area (Å²) in [6.45, 7) is 5.31. The highest BCUT2D eigenvalue weighted by Gasteiger charge is 2.21. The van der Waals surface area contributed by atoms with Crippen LogP contribution in [0.2, 0.25) is 0 Å². The van der Waals surface area contributed by atoms with Crippen LogP contribution in [0.15, 0.2) is 30.3 Å². The van der Waals surface area contributed by atoms with E-state index < -0.39 is 0 Å². The minimum absolute atomic E-state index is 0. The SMILES string of the molecule is Cl.Cl.O=C(CCC1CCNCC1)NCC(=O)N1CCN(c2ccccc2)CC1. The minimum Gasteiger partial charge on any atom is -0.368 e. The Balaban J connectivity index is 0.00000196. The molecule has 0 aliphatic carbocycles. The van der Waals surface area contributed by atoms with E-state index in [1.807, 2.05) is 23.1 Å². The highest BCUT2D eigenvalue weighted by Crippen LogP contribution is 2.17. The topological polar surface area (TPSA) is 64.7 Å². The minimum atomic E-state index is -0.000181. The highest BCUT2D eigenvalue weighted by atomic mass is 35.5. The molecule has 2 heterocycles. The molecule has 0 spiro atoms. The monoisotopic (exact) mass is 430 g/mol. The van der Waals surface area contributed by atoms with Crippen molar-refractivity contribution in [2.45, 2.75) is 25.7 Å². The van der Waals surface area contributed by atoms with Crippen LogP contribution in [0, 0.1) is 5.92 Å². The van der Waals surface area contributed by atoms with Crippen molar-refractivity contribution in [2.75, 3.05) is 50.7 Å². The fourth-order valence-corrected chi connectivity index (χ4v) is 3.73. The zero-order chi connectivity index (χ0) is 18.2. The Bertz CT molecular complexity index is 589. The lowest BCUT2D eigenvalue weighted by atomic mass is 9.93. The lowest BCUT2D eigenvalue weighted by Crippen LogP contribution is -2.51. The van der Waals surface area contributed by atoms with Crippen LogP contribution in [0.25, 0.3) is 0 Å². The number of hydrogen-bond acceptors (Lipinski definition) is 4. The number of nitrogens with one attached hydrogen (secondary N) is 2. The fraction of sp³-hybridized carbons (Fsp3) is 0.600. The van der Waals surface area contributed by atoms with Gasteiger partial charge in [0.05, 0.1) is 6.54 Å². The van der Waals surface area contributed by atoms with Gasteiger partial charge in [0.15, 0.2) is 0 Å². The Hall–Kier alpha value is -1.50. The summed E-state index contributed by atoms with van der Waals surface area (Å²) in [4.78, 5) is 28.5. The molecule has 0 atom stereocenters. The molecule has 0 aromatic heterocycles. The summed E-state index contributed by atoms with van der Waals surface area (Å²) in [6, 6.07) is 10.3. The Kier molecular flexibility index (Phi) is 11.3. The number of benzene rings is 1. The molecule has 6 nitrogen and oxygen atoms in total. The summed E-state index contributed by atoms with van der Waals surface area (Å²) < 4.78 is 0. The van der Waals surface area contributed by atoms with Crippen molar-refractivity contribution in [3.8, 4) is 0 Å². The van der Waals surface area contributed by atoms with Gasteiger partial charge < -0.3 is 20.4 Å². The Morgan fingerprint density at radius 1 is 1.00 bits per heavy atom. The zero-order valence-corrected chi connectivity index (χ0v) is 17.9. The van der Waals surface area contributed by atoms with E-state index >= 15 is 0 Å². The molecule has 0 bridgehead atoms. The quantitative estimate of drug-likeness (QED) is 0.724. The smallest absolute Gasteiger partial charge is 0.242 e. The summed E-state index contributed by atoms with van der Waals surface area (Å²) >= 11 is 0. The average molecular weight is 431 g/mol. The van der Waals surface area contributed by atoms with Crippen molar-refractivity contribution >= 4 is 42.3 Å². The average Bonchev–Trinajstić information content (AvgIpc) is 2.72. The third kappa shape index (κ3) is 7.49. The second-order valence-corrected chi connectivity index (χ2v) is 7.21. The van der Waals surface area contributed by atoms with Crippen LogP contribution in [0.1, 0.15) is 25.7 Å². The number of carbonyl (C=O) groups excluding carboxylic acids is 2. The number of piperidine rings is 1. The lowest BCUT2D eigenvalue weighted by molar-refractivity contribution is -0.133. The number of halogens is 2. The number of nitrogens with zero attached hydrogens (tertiary/aromatic N) is 2. The van der Waals surface area contributed by atoms with Gasteiger partial charge >= 0.3 is 0 Å². The highest BCUT2D eigenvalue weighted by molar-refractivity contribution is 5.86. The number of piperazine rings is 1. The Morgan fingerprint density at radius 2 is 1.64 bits per heavy atom. The van der Waals surface area contributed by atoms with E-state index in [4.69, 9.17) is 0 Å². The van der Waals surface area contributed by atoms with Crippen LogP contribution < -0.4 is 15.5 Å². The molecule has 2 saturated heterocycles. The molecule has 8 heteroatoms. The summed E-state index contributed by atoms with van der Waals surface area (Å²) in [5, 5.41) is 6.14. The number of amides is 2. The van der Waals surface area contributed by atoms with Gasteiger partial charge in [0, 0.05) is 38.3 Å². The number of rotatable bonds is 6. The Labute approximate surface area is 180 Å². The molecule has 158 valence electrons. The number of hydrogen-bond donors (Lipinski definition) is 2. The maximum absolute atomic E-state index is 12.3. The van der Waals surface area contributed by atoms with Crippen molar-refractivity contribution in [1.29, 1.82) is 0 Å². The van der Waals surface area contributed by atoms with Gasteiger partial charge in [-0.3, -0.25) is 9.59 Å². The van der Waals surface area contributed by atoms with Crippen LogP contribution in [-0.4, -0.2) is 62.5 Å². The van der Waals surface area contributed by atoms with Gasteiger partial charge in [-0.15, -0.1) is 24.8 Å². The van der Waals surface area contributed by atoms with Gasteiger partial charge in [-0.25, -0.2) is 0 Å². The number of para-hydroxylation sites is 1. The third-order valence-corrected chi connectivity index (χ3v) is 5.43. The number of carbonyl (C=O) groups is 2. The second-order valence-electron chi connectivity index (χ2n) is 7.21. The van der Waals surface area contributed by atoms with E-state index in [9.17, 15) is 9.59 Å². The van der Waals surface area contributed by atoms with E-state index in [2.05, 4.69) is 27.7 Å². The van der Waals surface area contributed by atoms with E-state index in [0.717, 1.165) is 45.4 Å². The number of anilines is 1. The summed E-state index contributed by atoms with van der Waals surface area (Å²) in [5.41, 5.74) is 1.20. The fourth-order valence-electron chi connectivity index (χ4n) is 3.73. The summed E-state index contributed by atoms with van der Waals surface area (Å²) in [6.07, 6.45) is 3.76. The normalized spacial score (nSPS) is 17.3. The van der Waals surface area contributed by atoms with E-state index in [-0.39, 0.29) is 43.2 Å². The predicted octanol–water partition coefficient (Wildman–Crippen LogP) is 2.07. The van der Waals surface area contributed by atoms with Crippen LogP contribution in [-0.2, 0) is 9.59 Å². The molecule has 0 radical (unpaired) electrons.